The van der Waals surface area contributed by atoms with Crippen LogP contribution in [0.15, 0.2) is 59.5 Å². The van der Waals surface area contributed by atoms with Crippen LogP contribution in [0.4, 0.5) is 4.39 Å². The first-order chi connectivity index (χ1) is 10.6. The van der Waals surface area contributed by atoms with Gasteiger partial charge in [-0.1, -0.05) is 42.5 Å². The zero-order chi connectivity index (χ0) is 15.9. The Morgan fingerprint density at radius 3 is 2.45 bits per heavy atom. The lowest BCUT2D eigenvalue weighted by Crippen LogP contribution is -2.37. The van der Waals surface area contributed by atoms with Crippen molar-refractivity contribution in [2.24, 2.45) is 0 Å². The van der Waals surface area contributed by atoms with E-state index in [1.165, 1.54) is 6.07 Å². The van der Waals surface area contributed by atoms with Crippen molar-refractivity contribution in [2.45, 2.75) is 23.1 Å². The molecule has 0 spiro atoms. The summed E-state index contributed by atoms with van der Waals surface area (Å²) in [4.78, 5) is 12.9. The average molecular weight is 319 g/mol. The third-order valence-corrected chi connectivity index (χ3v) is 4.39. The van der Waals surface area contributed by atoms with E-state index >= 15 is 0 Å². The second kappa shape index (κ2) is 7.96. The molecule has 1 amide bonds. The highest BCUT2D eigenvalue weighted by atomic mass is 32.2. The second-order valence-corrected chi connectivity index (χ2v) is 6.08. The first-order valence-electron chi connectivity index (χ1n) is 6.99. The fourth-order valence-electron chi connectivity index (χ4n) is 1.93. The van der Waals surface area contributed by atoms with E-state index in [1.807, 2.05) is 30.3 Å². The normalized spacial score (nSPS) is 13.4. The Morgan fingerprint density at radius 2 is 1.82 bits per heavy atom. The van der Waals surface area contributed by atoms with E-state index in [9.17, 15) is 9.18 Å². The van der Waals surface area contributed by atoms with Crippen LogP contribution in [0.1, 0.15) is 17.7 Å². The smallest absolute Gasteiger partial charge is 0.238 e. The summed E-state index contributed by atoms with van der Waals surface area (Å²) < 4.78 is 13.9. The Morgan fingerprint density at radius 1 is 1.18 bits per heavy atom. The van der Waals surface area contributed by atoms with Gasteiger partial charge in [-0.15, -0.1) is 11.8 Å². The third-order valence-electron chi connectivity index (χ3n) is 3.08. The number of aliphatic hydroxyl groups excluding tert-OH is 1. The summed E-state index contributed by atoms with van der Waals surface area (Å²) in [6.45, 7) is 1.57. The number of hydrogen-bond donors (Lipinski definition) is 2. The minimum Gasteiger partial charge on any atom is -0.394 e. The maximum Gasteiger partial charge on any atom is 0.238 e. The predicted molar refractivity (Wildman–Crippen MR) is 86.1 cm³/mol. The molecule has 0 aliphatic heterocycles. The largest absolute Gasteiger partial charge is 0.394 e. The molecule has 0 saturated carbocycles. The molecule has 0 aliphatic carbocycles. The minimum absolute atomic E-state index is 0.141. The molecule has 2 rings (SSSR count). The molecule has 0 radical (unpaired) electrons. The van der Waals surface area contributed by atoms with Crippen LogP contribution in [0.3, 0.4) is 0 Å². The number of carbonyl (C=O) groups excluding carboxylic acids is 1. The van der Waals surface area contributed by atoms with Gasteiger partial charge in [0, 0.05) is 10.9 Å². The van der Waals surface area contributed by atoms with Gasteiger partial charge in [0.05, 0.1) is 6.61 Å². The van der Waals surface area contributed by atoms with Crippen molar-refractivity contribution in [3.05, 3.63) is 66.0 Å². The van der Waals surface area contributed by atoms with Gasteiger partial charge in [-0.2, -0.15) is 0 Å². The van der Waals surface area contributed by atoms with Crippen molar-refractivity contribution in [3.63, 3.8) is 0 Å². The zero-order valence-electron chi connectivity index (χ0n) is 12.2. The molecule has 0 aromatic heterocycles. The lowest BCUT2D eigenvalue weighted by Gasteiger charge is -2.19. The Hall–Kier alpha value is -1.85. The molecule has 22 heavy (non-hydrogen) atoms. The summed E-state index contributed by atoms with van der Waals surface area (Å²) >= 11 is 1.16. The predicted octanol–water partition coefficient (Wildman–Crippen LogP) is 3.16. The van der Waals surface area contributed by atoms with Gasteiger partial charge in [-0.05, 0) is 24.6 Å². The summed E-state index contributed by atoms with van der Waals surface area (Å²) in [6.07, 6.45) is 0. The Bertz CT molecular complexity index is 621. The summed E-state index contributed by atoms with van der Waals surface area (Å²) in [6, 6.07) is 15.2. The first-order valence-corrected chi connectivity index (χ1v) is 7.87. The summed E-state index contributed by atoms with van der Waals surface area (Å²) in [5.41, 5.74) is 0.790. The second-order valence-electron chi connectivity index (χ2n) is 4.93. The molecule has 2 aromatic carbocycles. The maximum atomic E-state index is 13.9. The Kier molecular flexibility index (Phi) is 5.98. The van der Waals surface area contributed by atoms with Gasteiger partial charge in [-0.25, -0.2) is 4.39 Å². The molecular weight excluding hydrogens is 301 g/mol. The number of thioether (sulfide) groups is 1. The van der Waals surface area contributed by atoms with Crippen molar-refractivity contribution >= 4 is 17.7 Å². The van der Waals surface area contributed by atoms with Crippen molar-refractivity contribution < 1.29 is 14.3 Å². The molecule has 116 valence electrons. The van der Waals surface area contributed by atoms with E-state index in [4.69, 9.17) is 5.11 Å². The zero-order valence-corrected chi connectivity index (χ0v) is 13.0. The molecule has 3 nitrogen and oxygen atoms in total. The fraction of sp³-hybridized carbons (Fsp3) is 0.235. The number of halogens is 1. The molecule has 0 bridgehead atoms. The molecule has 2 aromatic rings. The molecular formula is C17H18FNO2S. The van der Waals surface area contributed by atoms with E-state index in [0.717, 1.165) is 17.3 Å². The van der Waals surface area contributed by atoms with Crippen molar-refractivity contribution in [2.75, 3.05) is 6.61 Å². The van der Waals surface area contributed by atoms with Crippen molar-refractivity contribution in [3.8, 4) is 0 Å². The number of hydrogen-bond acceptors (Lipinski definition) is 3. The van der Waals surface area contributed by atoms with Crippen LogP contribution in [0.5, 0.6) is 0 Å². The summed E-state index contributed by atoms with van der Waals surface area (Å²) in [5, 5.41) is 11.2. The Balaban J connectivity index is 2.26. The SMILES string of the molecule is CC(CO)NC(=O)C(Sc1ccccc1F)c1ccccc1. The van der Waals surface area contributed by atoms with E-state index in [0.29, 0.717) is 4.90 Å². The van der Waals surface area contributed by atoms with Gasteiger partial charge in [0.2, 0.25) is 5.91 Å². The monoisotopic (exact) mass is 319 g/mol. The number of nitrogens with one attached hydrogen (secondary N) is 1. The van der Waals surface area contributed by atoms with E-state index in [-0.39, 0.29) is 24.4 Å². The lowest BCUT2D eigenvalue weighted by atomic mass is 10.1. The van der Waals surface area contributed by atoms with Crippen LogP contribution < -0.4 is 5.32 Å². The number of benzene rings is 2. The number of amides is 1. The van der Waals surface area contributed by atoms with Gasteiger partial charge in [0.1, 0.15) is 11.1 Å². The van der Waals surface area contributed by atoms with Crippen LogP contribution >= 0.6 is 11.8 Å². The van der Waals surface area contributed by atoms with Crippen LogP contribution in [0, 0.1) is 5.82 Å². The molecule has 0 fully saturated rings. The van der Waals surface area contributed by atoms with Crippen LogP contribution in [-0.4, -0.2) is 23.7 Å². The number of carbonyl (C=O) groups is 1. The molecule has 2 N–H and O–H groups in total. The summed E-state index contributed by atoms with van der Waals surface area (Å²) in [7, 11) is 0. The van der Waals surface area contributed by atoms with E-state index < -0.39 is 5.25 Å². The van der Waals surface area contributed by atoms with Gasteiger partial charge < -0.3 is 10.4 Å². The van der Waals surface area contributed by atoms with E-state index in [2.05, 4.69) is 5.32 Å². The molecule has 2 atom stereocenters. The summed E-state index contributed by atoms with van der Waals surface area (Å²) in [5.74, 6) is -0.600. The van der Waals surface area contributed by atoms with Crippen molar-refractivity contribution in [1.82, 2.24) is 5.32 Å². The third kappa shape index (κ3) is 4.32. The quantitative estimate of drug-likeness (QED) is 0.804. The van der Waals surface area contributed by atoms with Gasteiger partial charge in [0.15, 0.2) is 0 Å². The number of aliphatic hydroxyl groups is 1. The first kappa shape index (κ1) is 16.5. The standard InChI is InChI=1S/C17H18FNO2S/c1-12(11-20)19-17(21)16(13-7-3-2-4-8-13)22-15-10-6-5-9-14(15)18/h2-10,12,16,20H,11H2,1H3,(H,19,21). The van der Waals surface area contributed by atoms with Crippen molar-refractivity contribution in [1.29, 1.82) is 0 Å². The molecule has 0 saturated heterocycles. The highest BCUT2D eigenvalue weighted by molar-refractivity contribution is 8.00. The maximum absolute atomic E-state index is 13.9. The average Bonchev–Trinajstić information content (AvgIpc) is 2.54. The van der Waals surface area contributed by atoms with E-state index in [1.54, 1.807) is 25.1 Å². The van der Waals surface area contributed by atoms with Crippen LogP contribution in [0.2, 0.25) is 0 Å². The molecule has 0 heterocycles. The molecule has 5 heteroatoms. The topological polar surface area (TPSA) is 49.3 Å². The fourth-order valence-corrected chi connectivity index (χ4v) is 2.99. The number of rotatable bonds is 6. The van der Waals surface area contributed by atoms with Gasteiger partial charge >= 0.3 is 0 Å². The Labute approximate surface area is 133 Å². The molecule has 0 aliphatic rings. The van der Waals surface area contributed by atoms with Crippen LogP contribution in [-0.2, 0) is 4.79 Å². The van der Waals surface area contributed by atoms with Crippen LogP contribution in [0.25, 0.3) is 0 Å². The minimum atomic E-state index is -0.577. The van der Waals surface area contributed by atoms with Gasteiger partial charge in [0.25, 0.3) is 0 Å². The highest BCUT2D eigenvalue weighted by Crippen LogP contribution is 2.36. The lowest BCUT2D eigenvalue weighted by molar-refractivity contribution is -0.121. The van der Waals surface area contributed by atoms with Gasteiger partial charge in [-0.3, -0.25) is 4.79 Å². The highest BCUT2D eigenvalue weighted by Gasteiger charge is 2.24. The molecule has 2 unspecified atom stereocenters.